The molecule has 0 aliphatic rings. The molecule has 0 aliphatic heterocycles. The van der Waals surface area contributed by atoms with Gasteiger partial charge in [-0.05, 0) is 12.1 Å². The highest BCUT2D eigenvalue weighted by atomic mass is 35.5. The molecule has 1 unspecified atom stereocenters. The normalized spacial score (nSPS) is 13.0. The van der Waals surface area contributed by atoms with Gasteiger partial charge in [0.1, 0.15) is 30.8 Å². The first kappa shape index (κ1) is 15.1. The van der Waals surface area contributed by atoms with Crippen LogP contribution < -0.4 is 0 Å². The van der Waals surface area contributed by atoms with Crippen LogP contribution in [-0.2, 0) is 4.84 Å². The van der Waals surface area contributed by atoms with Crippen LogP contribution in [0.5, 0.6) is 0 Å². The number of oxime groups is 1. The molecule has 0 bridgehead atoms. The molecular formula is C13H11ClF2N4O. The van der Waals surface area contributed by atoms with Crippen LogP contribution in [0.4, 0.5) is 8.78 Å². The van der Waals surface area contributed by atoms with Crippen LogP contribution in [0.3, 0.4) is 0 Å². The highest BCUT2D eigenvalue weighted by molar-refractivity contribution is 6.30. The van der Waals surface area contributed by atoms with Crippen molar-refractivity contribution in [1.82, 2.24) is 14.8 Å². The molecule has 0 aliphatic carbocycles. The fourth-order valence-electron chi connectivity index (χ4n) is 1.51. The van der Waals surface area contributed by atoms with Crippen LogP contribution in [0.1, 0.15) is 11.9 Å². The highest BCUT2D eigenvalue weighted by Crippen LogP contribution is 2.21. The number of benzene rings is 1. The Morgan fingerprint density at radius 3 is 3.00 bits per heavy atom. The van der Waals surface area contributed by atoms with Gasteiger partial charge in [-0.3, -0.25) is 0 Å². The largest absolute Gasteiger partial charge is 0.391 e. The molecular weight excluding hydrogens is 302 g/mol. The molecule has 1 heterocycles. The van der Waals surface area contributed by atoms with Gasteiger partial charge in [-0.2, -0.15) is 5.10 Å². The van der Waals surface area contributed by atoms with Crippen molar-refractivity contribution in [2.75, 3.05) is 6.61 Å². The van der Waals surface area contributed by atoms with E-state index in [4.69, 9.17) is 16.4 Å². The molecule has 1 aromatic carbocycles. The standard InChI is InChI=1S/C13H11ClF2N4O/c1-2-5-21-19-12(13(16)20-8-17-7-18-20)9-3-4-10(14)11(15)6-9/h2-4,6-8,13H,1,5H2. The van der Waals surface area contributed by atoms with Gasteiger partial charge >= 0.3 is 0 Å². The summed E-state index contributed by atoms with van der Waals surface area (Å²) in [4.78, 5) is 8.55. The van der Waals surface area contributed by atoms with E-state index in [1.807, 2.05) is 0 Å². The average Bonchev–Trinajstić information content (AvgIpc) is 3.00. The maximum atomic E-state index is 14.4. The van der Waals surface area contributed by atoms with E-state index in [2.05, 4.69) is 21.8 Å². The molecule has 0 spiro atoms. The number of hydrogen-bond donors (Lipinski definition) is 0. The lowest BCUT2D eigenvalue weighted by Gasteiger charge is -2.12. The molecule has 1 atom stereocenters. The molecule has 0 saturated heterocycles. The minimum absolute atomic E-state index is 0.0683. The molecule has 0 fully saturated rings. The Bertz CT molecular complexity index is 646. The Morgan fingerprint density at radius 1 is 1.57 bits per heavy atom. The van der Waals surface area contributed by atoms with Crippen molar-refractivity contribution in [2.24, 2.45) is 5.16 Å². The summed E-state index contributed by atoms with van der Waals surface area (Å²) in [5.74, 6) is -0.684. The fraction of sp³-hybridized carbons (Fsp3) is 0.154. The lowest BCUT2D eigenvalue weighted by atomic mass is 10.1. The Morgan fingerprint density at radius 2 is 2.38 bits per heavy atom. The van der Waals surface area contributed by atoms with Crippen LogP contribution in [-0.4, -0.2) is 27.1 Å². The van der Waals surface area contributed by atoms with E-state index in [1.165, 1.54) is 30.9 Å². The fourth-order valence-corrected chi connectivity index (χ4v) is 1.63. The number of alkyl halides is 1. The maximum absolute atomic E-state index is 14.4. The lowest BCUT2D eigenvalue weighted by molar-refractivity contribution is 0.168. The van der Waals surface area contributed by atoms with E-state index in [9.17, 15) is 8.78 Å². The summed E-state index contributed by atoms with van der Waals surface area (Å²) >= 11 is 5.61. The summed E-state index contributed by atoms with van der Waals surface area (Å²) in [6.45, 7) is 3.54. The molecule has 0 amide bonds. The first-order valence-corrected chi connectivity index (χ1v) is 6.25. The van der Waals surface area contributed by atoms with Gasteiger partial charge in [0.2, 0.25) is 6.30 Å². The van der Waals surface area contributed by atoms with Gasteiger partial charge in [-0.15, -0.1) is 0 Å². The van der Waals surface area contributed by atoms with E-state index in [-0.39, 0.29) is 22.9 Å². The number of hydrogen-bond acceptors (Lipinski definition) is 4. The predicted molar refractivity (Wildman–Crippen MR) is 74.3 cm³/mol. The maximum Gasteiger partial charge on any atom is 0.239 e. The molecule has 21 heavy (non-hydrogen) atoms. The monoisotopic (exact) mass is 312 g/mol. The van der Waals surface area contributed by atoms with E-state index in [0.29, 0.717) is 0 Å². The summed E-state index contributed by atoms with van der Waals surface area (Å²) < 4.78 is 28.9. The third-order valence-corrected chi connectivity index (χ3v) is 2.77. The van der Waals surface area contributed by atoms with Crippen LogP contribution >= 0.6 is 11.6 Å². The second-order valence-electron chi connectivity index (χ2n) is 3.90. The van der Waals surface area contributed by atoms with Crippen LogP contribution in [0.15, 0.2) is 48.7 Å². The van der Waals surface area contributed by atoms with Gasteiger partial charge in [0, 0.05) is 5.56 Å². The van der Waals surface area contributed by atoms with Gasteiger partial charge in [0.25, 0.3) is 0 Å². The molecule has 8 heteroatoms. The van der Waals surface area contributed by atoms with Gasteiger partial charge in [0.05, 0.1) is 5.02 Å². The van der Waals surface area contributed by atoms with Crippen LogP contribution in [0.25, 0.3) is 0 Å². The highest BCUT2D eigenvalue weighted by Gasteiger charge is 2.21. The summed E-state index contributed by atoms with van der Waals surface area (Å²) in [5, 5.41) is 7.30. The number of halogens is 3. The van der Waals surface area contributed by atoms with Crippen LogP contribution in [0, 0.1) is 5.82 Å². The van der Waals surface area contributed by atoms with E-state index in [1.54, 1.807) is 0 Å². The van der Waals surface area contributed by atoms with Crippen molar-refractivity contribution in [2.45, 2.75) is 6.30 Å². The summed E-state index contributed by atoms with van der Waals surface area (Å²) in [5.41, 5.74) is 0.0295. The van der Waals surface area contributed by atoms with Gasteiger partial charge in [-0.25, -0.2) is 18.4 Å². The second kappa shape index (κ2) is 6.94. The molecule has 110 valence electrons. The quantitative estimate of drug-likeness (QED) is 0.356. The van der Waals surface area contributed by atoms with Gasteiger partial charge < -0.3 is 4.84 Å². The van der Waals surface area contributed by atoms with Gasteiger partial charge in [0.15, 0.2) is 0 Å². The Kier molecular flexibility index (Phi) is 4.99. The molecule has 1 aromatic heterocycles. The van der Waals surface area contributed by atoms with Crippen molar-refractivity contribution in [1.29, 1.82) is 0 Å². The van der Waals surface area contributed by atoms with Crippen molar-refractivity contribution in [3.8, 4) is 0 Å². The van der Waals surface area contributed by atoms with Gasteiger partial charge in [-0.1, -0.05) is 35.5 Å². The van der Waals surface area contributed by atoms with Crippen molar-refractivity contribution in [3.63, 3.8) is 0 Å². The first-order chi connectivity index (χ1) is 10.1. The Labute approximate surface area is 124 Å². The Hall–Kier alpha value is -2.28. The minimum atomic E-state index is -1.78. The number of rotatable bonds is 6. The predicted octanol–water partition coefficient (Wildman–Crippen LogP) is 3.15. The molecule has 2 aromatic rings. The molecule has 0 N–H and O–H groups in total. The number of nitrogens with zero attached hydrogens (tertiary/aromatic N) is 4. The molecule has 5 nitrogen and oxygen atoms in total. The zero-order chi connectivity index (χ0) is 15.2. The average molecular weight is 313 g/mol. The smallest absolute Gasteiger partial charge is 0.239 e. The molecule has 0 saturated carbocycles. The zero-order valence-electron chi connectivity index (χ0n) is 10.8. The van der Waals surface area contributed by atoms with Crippen molar-refractivity contribution in [3.05, 3.63) is 59.9 Å². The third kappa shape index (κ3) is 3.63. The topological polar surface area (TPSA) is 52.3 Å². The summed E-state index contributed by atoms with van der Waals surface area (Å²) in [6, 6.07) is 3.82. The third-order valence-electron chi connectivity index (χ3n) is 2.47. The summed E-state index contributed by atoms with van der Waals surface area (Å²) in [7, 11) is 0. The lowest BCUT2D eigenvalue weighted by Crippen LogP contribution is -2.18. The Balaban J connectivity index is 2.37. The number of aromatic nitrogens is 3. The van der Waals surface area contributed by atoms with Crippen molar-refractivity contribution >= 4 is 17.3 Å². The molecule has 2 rings (SSSR count). The second-order valence-corrected chi connectivity index (χ2v) is 4.31. The van der Waals surface area contributed by atoms with E-state index in [0.717, 1.165) is 10.7 Å². The van der Waals surface area contributed by atoms with E-state index < -0.39 is 12.1 Å². The summed E-state index contributed by atoms with van der Waals surface area (Å²) in [6.07, 6.45) is 2.03. The van der Waals surface area contributed by atoms with Crippen LogP contribution in [0.2, 0.25) is 5.02 Å². The van der Waals surface area contributed by atoms with Crippen molar-refractivity contribution < 1.29 is 13.6 Å². The SMILES string of the molecule is C=CCON=C(c1ccc(Cl)c(F)c1)C(F)n1cncn1. The van der Waals surface area contributed by atoms with E-state index >= 15 is 0 Å². The minimum Gasteiger partial charge on any atom is -0.391 e. The zero-order valence-corrected chi connectivity index (χ0v) is 11.5. The molecule has 0 radical (unpaired) electrons. The first-order valence-electron chi connectivity index (χ1n) is 5.88.